The maximum atomic E-state index is 12.5. The highest BCUT2D eigenvalue weighted by Gasteiger charge is 2.35. The Morgan fingerprint density at radius 2 is 2.04 bits per heavy atom. The van der Waals surface area contributed by atoms with Crippen LogP contribution >= 0.6 is 11.8 Å². The third-order valence-corrected chi connectivity index (χ3v) is 5.41. The van der Waals surface area contributed by atoms with Gasteiger partial charge in [0.15, 0.2) is 11.0 Å². The molecule has 1 atom stereocenters. The Kier molecular flexibility index (Phi) is 7.62. The van der Waals surface area contributed by atoms with Gasteiger partial charge in [0.05, 0.1) is 12.9 Å². The molecule has 0 aliphatic carbocycles. The van der Waals surface area contributed by atoms with Crippen molar-refractivity contribution in [2.24, 2.45) is 0 Å². The molecule has 1 heterocycles. The molecule has 152 valence electrons. The fourth-order valence-corrected chi connectivity index (χ4v) is 3.90. The van der Waals surface area contributed by atoms with Crippen LogP contribution in [0.2, 0.25) is 0 Å². The molecular weight excluding hydrogens is 376 g/mol. The van der Waals surface area contributed by atoms with Crippen molar-refractivity contribution in [3.05, 3.63) is 29.8 Å². The van der Waals surface area contributed by atoms with E-state index in [-0.39, 0.29) is 11.7 Å². The summed E-state index contributed by atoms with van der Waals surface area (Å²) < 4.78 is 6.83. The van der Waals surface area contributed by atoms with E-state index in [1.54, 1.807) is 6.92 Å². The standard InChI is InChI=1S/C20H28N4O3S/c1-6-11-20(4,18(26)27-5)21-16(25)13-28-19-23-22-17(24(19)7-2)15-10-8-9-14(3)12-15/h8-10,12H,6-7,11,13H2,1-5H3,(H,21,25). The van der Waals surface area contributed by atoms with Gasteiger partial charge in [-0.1, -0.05) is 48.9 Å². The Balaban J connectivity index is 2.10. The van der Waals surface area contributed by atoms with Gasteiger partial charge in [0.1, 0.15) is 5.54 Å². The lowest BCUT2D eigenvalue weighted by Gasteiger charge is -2.27. The molecule has 0 saturated carbocycles. The van der Waals surface area contributed by atoms with Crippen LogP contribution in [0.1, 0.15) is 39.2 Å². The molecule has 1 aromatic heterocycles. The zero-order valence-electron chi connectivity index (χ0n) is 17.1. The second-order valence-corrected chi connectivity index (χ2v) is 7.77. The van der Waals surface area contributed by atoms with E-state index in [1.165, 1.54) is 18.9 Å². The van der Waals surface area contributed by atoms with Gasteiger partial charge in [-0.25, -0.2) is 4.79 Å². The molecule has 1 aromatic carbocycles. The maximum absolute atomic E-state index is 12.5. The Morgan fingerprint density at radius 3 is 2.64 bits per heavy atom. The fraction of sp³-hybridized carbons (Fsp3) is 0.500. The molecule has 8 heteroatoms. The molecular formula is C20H28N4O3S. The summed E-state index contributed by atoms with van der Waals surface area (Å²) in [6, 6.07) is 8.08. The second-order valence-electron chi connectivity index (χ2n) is 6.83. The third kappa shape index (κ3) is 5.13. The first kappa shape index (κ1) is 21.9. The van der Waals surface area contributed by atoms with E-state index in [4.69, 9.17) is 4.74 Å². The normalized spacial score (nSPS) is 13.0. The van der Waals surface area contributed by atoms with Crippen LogP contribution in [-0.4, -0.2) is 45.0 Å². The smallest absolute Gasteiger partial charge is 0.331 e. The quantitative estimate of drug-likeness (QED) is 0.510. The van der Waals surface area contributed by atoms with Gasteiger partial charge in [-0.15, -0.1) is 10.2 Å². The van der Waals surface area contributed by atoms with Crippen molar-refractivity contribution in [1.82, 2.24) is 20.1 Å². The number of benzene rings is 1. The molecule has 1 unspecified atom stereocenters. The lowest BCUT2D eigenvalue weighted by Crippen LogP contribution is -2.53. The minimum atomic E-state index is -1.02. The first-order valence-corrected chi connectivity index (χ1v) is 10.4. The summed E-state index contributed by atoms with van der Waals surface area (Å²) in [4.78, 5) is 24.5. The molecule has 0 aliphatic heterocycles. The van der Waals surface area contributed by atoms with Crippen LogP contribution in [0.3, 0.4) is 0 Å². The lowest BCUT2D eigenvalue weighted by molar-refractivity contribution is -0.150. The first-order chi connectivity index (χ1) is 13.3. The number of ether oxygens (including phenoxy) is 1. The summed E-state index contributed by atoms with van der Waals surface area (Å²) in [6.07, 6.45) is 1.27. The number of nitrogens with one attached hydrogen (secondary N) is 1. The molecule has 28 heavy (non-hydrogen) atoms. The van der Waals surface area contributed by atoms with Crippen molar-refractivity contribution < 1.29 is 14.3 Å². The number of carbonyl (C=O) groups is 2. The summed E-state index contributed by atoms with van der Waals surface area (Å²) in [6.45, 7) is 8.39. The lowest BCUT2D eigenvalue weighted by atomic mass is 9.96. The van der Waals surface area contributed by atoms with Crippen molar-refractivity contribution in [2.75, 3.05) is 12.9 Å². The number of thioether (sulfide) groups is 1. The number of aromatic nitrogens is 3. The van der Waals surface area contributed by atoms with Crippen LogP contribution in [0.4, 0.5) is 0 Å². The minimum absolute atomic E-state index is 0.141. The second kappa shape index (κ2) is 9.73. The summed E-state index contributed by atoms with van der Waals surface area (Å²) in [5, 5.41) is 12.0. The molecule has 0 bridgehead atoms. The third-order valence-electron chi connectivity index (χ3n) is 4.44. The summed E-state index contributed by atoms with van der Waals surface area (Å²) in [7, 11) is 1.33. The molecule has 2 aromatic rings. The van der Waals surface area contributed by atoms with Gasteiger partial charge < -0.3 is 14.6 Å². The van der Waals surface area contributed by atoms with Gasteiger partial charge in [0, 0.05) is 12.1 Å². The highest BCUT2D eigenvalue weighted by molar-refractivity contribution is 7.99. The van der Waals surface area contributed by atoms with E-state index in [0.717, 1.165) is 23.4 Å². The predicted molar refractivity (Wildman–Crippen MR) is 110 cm³/mol. The van der Waals surface area contributed by atoms with Crippen LogP contribution in [0.25, 0.3) is 11.4 Å². The van der Waals surface area contributed by atoms with Gasteiger partial charge in [-0.2, -0.15) is 0 Å². The number of nitrogens with zero attached hydrogens (tertiary/aromatic N) is 3. The van der Waals surface area contributed by atoms with E-state index >= 15 is 0 Å². The number of hydrogen-bond acceptors (Lipinski definition) is 6. The molecule has 0 aliphatic rings. The van der Waals surface area contributed by atoms with Gasteiger partial charge in [0.2, 0.25) is 5.91 Å². The van der Waals surface area contributed by atoms with Crippen molar-refractivity contribution in [3.8, 4) is 11.4 Å². The number of methoxy groups -OCH3 is 1. The highest BCUT2D eigenvalue weighted by Crippen LogP contribution is 2.25. The molecule has 0 radical (unpaired) electrons. The number of aryl methyl sites for hydroxylation is 1. The van der Waals surface area contributed by atoms with Crippen molar-refractivity contribution in [1.29, 1.82) is 0 Å². The van der Waals surface area contributed by atoms with E-state index in [1.807, 2.05) is 43.5 Å². The topological polar surface area (TPSA) is 86.1 Å². The zero-order chi connectivity index (χ0) is 20.7. The fourth-order valence-electron chi connectivity index (χ4n) is 3.09. The number of amides is 1. The average molecular weight is 405 g/mol. The van der Waals surface area contributed by atoms with Crippen molar-refractivity contribution in [2.45, 2.75) is 57.8 Å². The van der Waals surface area contributed by atoms with Crippen LogP contribution in [0, 0.1) is 6.92 Å². The molecule has 7 nitrogen and oxygen atoms in total. The van der Waals surface area contributed by atoms with E-state index in [2.05, 4.69) is 21.6 Å². The summed E-state index contributed by atoms with van der Waals surface area (Å²) >= 11 is 1.30. The molecule has 0 saturated heterocycles. The molecule has 0 spiro atoms. The number of esters is 1. The summed E-state index contributed by atoms with van der Waals surface area (Å²) in [5.41, 5.74) is 1.12. The van der Waals surface area contributed by atoms with Crippen LogP contribution in [0.5, 0.6) is 0 Å². The van der Waals surface area contributed by atoms with Crippen molar-refractivity contribution in [3.63, 3.8) is 0 Å². The Morgan fingerprint density at radius 1 is 1.29 bits per heavy atom. The monoisotopic (exact) mass is 404 g/mol. The maximum Gasteiger partial charge on any atom is 0.331 e. The molecule has 1 N–H and O–H groups in total. The van der Waals surface area contributed by atoms with Gasteiger partial charge in [-0.05, 0) is 33.3 Å². The van der Waals surface area contributed by atoms with Crippen LogP contribution in [0.15, 0.2) is 29.4 Å². The van der Waals surface area contributed by atoms with Gasteiger partial charge in [0.25, 0.3) is 0 Å². The predicted octanol–water partition coefficient (Wildman–Crippen LogP) is 3.21. The Labute approximate surface area is 170 Å². The SMILES string of the molecule is CCCC(C)(NC(=O)CSc1nnc(-c2cccc(C)c2)n1CC)C(=O)OC. The average Bonchev–Trinajstić information content (AvgIpc) is 3.08. The molecule has 0 fully saturated rings. The molecule has 1 amide bonds. The highest BCUT2D eigenvalue weighted by atomic mass is 32.2. The van der Waals surface area contributed by atoms with E-state index in [9.17, 15) is 9.59 Å². The van der Waals surface area contributed by atoms with E-state index in [0.29, 0.717) is 18.1 Å². The summed E-state index contributed by atoms with van der Waals surface area (Å²) in [5.74, 6) is 0.238. The number of carbonyl (C=O) groups excluding carboxylic acids is 2. The van der Waals surface area contributed by atoms with Gasteiger partial charge >= 0.3 is 5.97 Å². The van der Waals surface area contributed by atoms with Crippen molar-refractivity contribution >= 4 is 23.6 Å². The first-order valence-electron chi connectivity index (χ1n) is 9.37. The van der Waals surface area contributed by atoms with Crippen LogP contribution < -0.4 is 5.32 Å². The largest absolute Gasteiger partial charge is 0.467 e. The zero-order valence-corrected chi connectivity index (χ0v) is 17.9. The number of hydrogen-bond donors (Lipinski definition) is 1. The Hall–Kier alpha value is -2.35. The minimum Gasteiger partial charge on any atom is -0.467 e. The van der Waals surface area contributed by atoms with E-state index < -0.39 is 11.5 Å². The van der Waals surface area contributed by atoms with Crippen LogP contribution in [-0.2, 0) is 20.9 Å². The molecule has 2 rings (SSSR count). The van der Waals surface area contributed by atoms with Gasteiger partial charge in [-0.3, -0.25) is 4.79 Å². The number of rotatable bonds is 9. The Bertz CT molecular complexity index is 837.